The average molecular weight is 533 g/mol. The Bertz CT molecular complexity index is 938. The van der Waals surface area contributed by atoms with Crippen molar-refractivity contribution in [2.75, 3.05) is 0 Å². The zero-order valence-electron chi connectivity index (χ0n) is 14.1. The molecule has 6 heteroatoms. The van der Waals surface area contributed by atoms with Crippen molar-refractivity contribution in [2.24, 2.45) is 0 Å². The zero-order valence-corrected chi connectivity index (χ0v) is 16.5. The Hall–Kier alpha value is -2.43. The Morgan fingerprint density at radius 2 is 1.81 bits per heavy atom. The molecule has 1 N–H and O–H groups in total. The topological polar surface area (TPSA) is 50.2 Å². The molecule has 3 nitrogen and oxygen atoms in total. The van der Waals surface area contributed by atoms with Gasteiger partial charge in [-0.05, 0) is 31.0 Å². The molecule has 0 atom stereocenters. The molecule has 0 fully saturated rings. The standard InChI is InChI=1S/C15H8F2N.C5H8O2.Ir/c16-12-7-5-11(9-13(12)17)15-8-6-10-3-1-2-4-14(10)18-15;1-4(6)3-5(2)7;/h1-4,6-9H;3,6H,1-2H3;/q-1;;/b;4-3-;. The number of allylic oxidation sites excluding steroid dienone is 2. The van der Waals surface area contributed by atoms with Crippen LogP contribution in [0.2, 0.25) is 0 Å². The van der Waals surface area contributed by atoms with Gasteiger partial charge in [-0.2, -0.15) is 0 Å². The predicted molar refractivity (Wildman–Crippen MR) is 93.0 cm³/mol. The summed E-state index contributed by atoms with van der Waals surface area (Å²) in [5, 5.41) is 9.37. The maximum atomic E-state index is 13.2. The van der Waals surface area contributed by atoms with Gasteiger partial charge in [-0.3, -0.25) is 14.2 Å². The number of halogens is 2. The third-order valence-corrected chi connectivity index (χ3v) is 3.14. The molecule has 0 aliphatic rings. The molecular weight excluding hydrogens is 516 g/mol. The summed E-state index contributed by atoms with van der Waals surface area (Å²) >= 11 is 0. The molecule has 0 unspecified atom stereocenters. The van der Waals surface area contributed by atoms with Crippen molar-refractivity contribution in [3.05, 3.63) is 78.1 Å². The first-order valence-corrected chi connectivity index (χ1v) is 7.47. The summed E-state index contributed by atoms with van der Waals surface area (Å²) in [6.45, 7) is 2.85. The van der Waals surface area contributed by atoms with Gasteiger partial charge in [-0.15, -0.1) is 23.8 Å². The van der Waals surface area contributed by atoms with Crippen molar-refractivity contribution in [1.29, 1.82) is 0 Å². The van der Waals surface area contributed by atoms with E-state index in [-0.39, 0.29) is 31.6 Å². The number of rotatable bonds is 2. The summed E-state index contributed by atoms with van der Waals surface area (Å²) in [6, 6.07) is 16.1. The molecule has 3 aromatic rings. The SMILES string of the molecule is CC(=O)/C=C(/C)O.Fc1c[c-]c(-c2ccc3ccccc3n2)cc1F.[Ir]. The van der Waals surface area contributed by atoms with E-state index >= 15 is 0 Å². The monoisotopic (exact) mass is 533 g/mol. The van der Waals surface area contributed by atoms with E-state index in [0.717, 1.165) is 23.0 Å². The van der Waals surface area contributed by atoms with Gasteiger partial charge in [0.2, 0.25) is 0 Å². The van der Waals surface area contributed by atoms with Crippen LogP contribution >= 0.6 is 0 Å². The Morgan fingerprint density at radius 3 is 2.38 bits per heavy atom. The molecule has 0 amide bonds. The van der Waals surface area contributed by atoms with E-state index in [1.165, 1.54) is 19.9 Å². The first-order chi connectivity index (χ1) is 11.9. The van der Waals surface area contributed by atoms with Crippen LogP contribution in [0.1, 0.15) is 13.8 Å². The maximum Gasteiger partial charge on any atom is 0.155 e. The quantitative estimate of drug-likeness (QED) is 0.287. The number of nitrogens with zero attached hydrogens (tertiary/aromatic N) is 1. The second kappa shape index (κ2) is 9.90. The van der Waals surface area contributed by atoms with Crippen molar-refractivity contribution in [1.82, 2.24) is 4.98 Å². The minimum atomic E-state index is -0.903. The summed E-state index contributed by atoms with van der Waals surface area (Å²) in [6.07, 6.45) is 1.17. The van der Waals surface area contributed by atoms with Crippen LogP contribution in [0.15, 0.2) is 60.4 Å². The molecule has 1 aromatic heterocycles. The number of pyridine rings is 1. The van der Waals surface area contributed by atoms with Gasteiger partial charge < -0.3 is 5.11 Å². The maximum absolute atomic E-state index is 13.2. The molecular formula is C20H16F2IrNO2-. The number of aliphatic hydroxyl groups is 1. The number of carbonyl (C=O) groups excluding carboxylic acids is 1. The number of hydrogen-bond acceptors (Lipinski definition) is 3. The summed E-state index contributed by atoms with van der Waals surface area (Å²) in [4.78, 5) is 14.4. The van der Waals surface area contributed by atoms with Crippen LogP contribution in [0.25, 0.3) is 22.2 Å². The fraction of sp³-hybridized carbons (Fsp3) is 0.100. The number of para-hydroxylation sites is 1. The van der Waals surface area contributed by atoms with E-state index in [0.29, 0.717) is 11.3 Å². The third kappa shape index (κ3) is 6.13. The molecule has 1 radical (unpaired) electrons. The molecule has 0 bridgehead atoms. The number of benzene rings is 2. The van der Waals surface area contributed by atoms with E-state index < -0.39 is 11.6 Å². The van der Waals surface area contributed by atoms with Gasteiger partial charge in [0.25, 0.3) is 0 Å². The number of aliphatic hydroxyl groups excluding tert-OH is 1. The van der Waals surface area contributed by atoms with Crippen LogP contribution in [0.3, 0.4) is 0 Å². The fourth-order valence-electron chi connectivity index (χ4n) is 2.11. The second-order valence-corrected chi connectivity index (χ2v) is 5.33. The van der Waals surface area contributed by atoms with Crippen molar-refractivity contribution >= 4 is 16.7 Å². The zero-order chi connectivity index (χ0) is 18.4. The van der Waals surface area contributed by atoms with E-state index in [1.54, 1.807) is 6.07 Å². The molecule has 0 saturated heterocycles. The van der Waals surface area contributed by atoms with E-state index in [4.69, 9.17) is 5.11 Å². The largest absolute Gasteiger partial charge is 0.512 e. The van der Waals surface area contributed by atoms with E-state index in [9.17, 15) is 13.6 Å². The molecule has 3 rings (SSSR count). The first-order valence-electron chi connectivity index (χ1n) is 7.47. The fourth-order valence-corrected chi connectivity index (χ4v) is 2.11. The van der Waals surface area contributed by atoms with E-state index in [2.05, 4.69) is 11.1 Å². The van der Waals surface area contributed by atoms with Crippen LogP contribution in [0, 0.1) is 17.7 Å². The predicted octanol–water partition coefficient (Wildman–Crippen LogP) is 5.01. The van der Waals surface area contributed by atoms with Crippen molar-refractivity contribution in [2.45, 2.75) is 13.8 Å². The Balaban J connectivity index is 0.000000366. The molecule has 26 heavy (non-hydrogen) atoms. The van der Waals surface area contributed by atoms with Crippen LogP contribution < -0.4 is 0 Å². The Kier molecular flexibility index (Phi) is 8.23. The minimum Gasteiger partial charge on any atom is -0.512 e. The van der Waals surface area contributed by atoms with Crippen LogP contribution in [-0.2, 0) is 24.9 Å². The van der Waals surface area contributed by atoms with Gasteiger partial charge in [0.15, 0.2) is 5.78 Å². The normalized spacial score (nSPS) is 10.5. The van der Waals surface area contributed by atoms with Crippen LogP contribution in [0.5, 0.6) is 0 Å². The summed E-state index contributed by atoms with van der Waals surface area (Å²) in [5.74, 6) is -1.86. The molecule has 2 aromatic carbocycles. The third-order valence-electron chi connectivity index (χ3n) is 3.14. The van der Waals surface area contributed by atoms with Gasteiger partial charge in [0.1, 0.15) is 0 Å². The number of fused-ring (bicyclic) bond motifs is 1. The molecule has 0 aliphatic heterocycles. The van der Waals surface area contributed by atoms with Gasteiger partial charge in [0.05, 0.1) is 22.9 Å². The number of aromatic nitrogens is 1. The van der Waals surface area contributed by atoms with Gasteiger partial charge in [-0.25, -0.2) is 4.39 Å². The smallest absolute Gasteiger partial charge is 0.155 e. The minimum absolute atomic E-state index is 0. The Labute approximate surface area is 163 Å². The van der Waals surface area contributed by atoms with Crippen LogP contribution in [0.4, 0.5) is 8.78 Å². The second-order valence-electron chi connectivity index (χ2n) is 5.33. The Morgan fingerprint density at radius 1 is 1.12 bits per heavy atom. The molecule has 1 heterocycles. The number of hydrogen-bond donors (Lipinski definition) is 1. The van der Waals surface area contributed by atoms with Gasteiger partial charge >= 0.3 is 0 Å². The molecule has 137 valence electrons. The van der Waals surface area contributed by atoms with Crippen molar-refractivity contribution in [3.63, 3.8) is 0 Å². The number of ketones is 1. The number of carbonyl (C=O) groups is 1. The molecule has 0 saturated carbocycles. The first kappa shape index (κ1) is 21.6. The average Bonchev–Trinajstić information content (AvgIpc) is 2.56. The van der Waals surface area contributed by atoms with E-state index in [1.807, 2.05) is 30.3 Å². The molecule has 0 spiro atoms. The summed E-state index contributed by atoms with van der Waals surface area (Å²) in [5.41, 5.74) is 1.83. The summed E-state index contributed by atoms with van der Waals surface area (Å²) < 4.78 is 26.0. The van der Waals surface area contributed by atoms with Crippen molar-refractivity contribution < 1.29 is 38.8 Å². The summed E-state index contributed by atoms with van der Waals surface area (Å²) in [7, 11) is 0. The van der Waals surface area contributed by atoms with Crippen molar-refractivity contribution in [3.8, 4) is 11.3 Å². The van der Waals surface area contributed by atoms with Crippen LogP contribution in [-0.4, -0.2) is 15.9 Å². The van der Waals surface area contributed by atoms with Gasteiger partial charge in [-0.1, -0.05) is 30.3 Å². The molecule has 0 aliphatic carbocycles. The van der Waals surface area contributed by atoms with Gasteiger partial charge in [0, 0.05) is 26.2 Å².